The summed E-state index contributed by atoms with van der Waals surface area (Å²) in [4.78, 5) is 29.2. The molecule has 7 heteroatoms. The van der Waals surface area contributed by atoms with Gasteiger partial charge >= 0.3 is 11.4 Å². The van der Waals surface area contributed by atoms with Gasteiger partial charge in [-0.3, -0.25) is 4.57 Å². The van der Waals surface area contributed by atoms with Crippen molar-refractivity contribution in [2.75, 3.05) is 30.5 Å². The van der Waals surface area contributed by atoms with E-state index < -0.39 is 5.69 Å². The first kappa shape index (κ1) is 13.8. The standard InChI is InChI=1S/C10H18N4O2S/c1-5-17-7-6-14-9(15)11-8(12(2)3)13(4)10(14)16/h5-7H2,1-4H3. The van der Waals surface area contributed by atoms with Crippen LogP contribution in [-0.4, -0.2) is 39.7 Å². The van der Waals surface area contributed by atoms with E-state index >= 15 is 0 Å². The van der Waals surface area contributed by atoms with Crippen molar-refractivity contribution in [3.05, 3.63) is 21.0 Å². The minimum Gasteiger partial charge on any atom is -0.348 e. The molecule has 1 heterocycles. The number of aromatic nitrogens is 3. The van der Waals surface area contributed by atoms with Gasteiger partial charge in [0.05, 0.1) is 0 Å². The molecule has 6 nitrogen and oxygen atoms in total. The summed E-state index contributed by atoms with van der Waals surface area (Å²) in [6.07, 6.45) is 0. The fraction of sp³-hybridized carbons (Fsp3) is 0.700. The summed E-state index contributed by atoms with van der Waals surface area (Å²) in [6.45, 7) is 2.45. The van der Waals surface area contributed by atoms with E-state index in [4.69, 9.17) is 0 Å². The molecule has 0 aliphatic rings. The van der Waals surface area contributed by atoms with E-state index in [1.807, 2.05) is 6.92 Å². The predicted molar refractivity (Wildman–Crippen MR) is 71.1 cm³/mol. The van der Waals surface area contributed by atoms with Gasteiger partial charge in [0, 0.05) is 33.4 Å². The zero-order valence-corrected chi connectivity index (χ0v) is 11.5. The second-order valence-corrected chi connectivity index (χ2v) is 5.17. The number of anilines is 1. The van der Waals surface area contributed by atoms with Gasteiger partial charge in [-0.05, 0) is 5.75 Å². The molecule has 0 fully saturated rings. The van der Waals surface area contributed by atoms with Gasteiger partial charge in [-0.2, -0.15) is 16.7 Å². The highest BCUT2D eigenvalue weighted by Crippen LogP contribution is 2.00. The van der Waals surface area contributed by atoms with Crippen LogP contribution in [0.1, 0.15) is 6.92 Å². The summed E-state index contributed by atoms with van der Waals surface area (Å²) in [7, 11) is 5.12. The summed E-state index contributed by atoms with van der Waals surface area (Å²) in [5.74, 6) is 2.09. The lowest BCUT2D eigenvalue weighted by atomic mass is 10.6. The molecule has 0 aliphatic carbocycles. The van der Waals surface area contributed by atoms with E-state index in [-0.39, 0.29) is 5.69 Å². The lowest BCUT2D eigenvalue weighted by molar-refractivity contribution is 0.592. The van der Waals surface area contributed by atoms with Crippen LogP contribution in [0.5, 0.6) is 0 Å². The van der Waals surface area contributed by atoms with Gasteiger partial charge < -0.3 is 4.90 Å². The predicted octanol–water partition coefficient (Wildman–Crippen LogP) is -0.239. The maximum atomic E-state index is 12.0. The molecule has 0 atom stereocenters. The third kappa shape index (κ3) is 3.12. The minimum absolute atomic E-state index is 0.314. The number of hydrogen-bond acceptors (Lipinski definition) is 5. The van der Waals surface area contributed by atoms with E-state index in [2.05, 4.69) is 4.98 Å². The van der Waals surface area contributed by atoms with Crippen molar-refractivity contribution in [1.82, 2.24) is 14.1 Å². The summed E-state index contributed by atoms with van der Waals surface area (Å²) >= 11 is 1.69. The van der Waals surface area contributed by atoms with Crippen molar-refractivity contribution in [3.63, 3.8) is 0 Å². The minimum atomic E-state index is -0.478. The second kappa shape index (κ2) is 5.90. The molecule has 0 radical (unpaired) electrons. The molecule has 17 heavy (non-hydrogen) atoms. The summed E-state index contributed by atoms with van der Waals surface area (Å²) < 4.78 is 2.56. The Bertz CT molecular complexity index is 492. The molecule has 1 aromatic rings. The molecule has 0 aromatic carbocycles. The van der Waals surface area contributed by atoms with Gasteiger partial charge in [-0.15, -0.1) is 0 Å². The molecule has 0 unspecified atom stereocenters. The van der Waals surface area contributed by atoms with Gasteiger partial charge in [0.15, 0.2) is 0 Å². The zero-order valence-electron chi connectivity index (χ0n) is 10.6. The molecule has 1 rings (SSSR count). The molecule has 0 amide bonds. The normalized spacial score (nSPS) is 10.6. The molecular formula is C10H18N4O2S. The van der Waals surface area contributed by atoms with Crippen LogP contribution in [0.2, 0.25) is 0 Å². The van der Waals surface area contributed by atoms with E-state index in [1.54, 1.807) is 37.8 Å². The maximum absolute atomic E-state index is 12.0. The van der Waals surface area contributed by atoms with Crippen LogP contribution < -0.4 is 16.3 Å². The molecule has 96 valence electrons. The van der Waals surface area contributed by atoms with Crippen molar-refractivity contribution in [1.29, 1.82) is 0 Å². The topological polar surface area (TPSA) is 60.1 Å². The van der Waals surface area contributed by atoms with Crippen molar-refractivity contribution in [2.45, 2.75) is 13.5 Å². The van der Waals surface area contributed by atoms with Crippen LogP contribution in [0.3, 0.4) is 0 Å². The van der Waals surface area contributed by atoms with Crippen LogP contribution in [0.15, 0.2) is 9.59 Å². The highest BCUT2D eigenvalue weighted by molar-refractivity contribution is 7.99. The van der Waals surface area contributed by atoms with Crippen molar-refractivity contribution in [2.24, 2.45) is 7.05 Å². The van der Waals surface area contributed by atoms with Gasteiger partial charge in [-0.25, -0.2) is 14.2 Å². The third-order valence-electron chi connectivity index (χ3n) is 2.31. The van der Waals surface area contributed by atoms with Gasteiger partial charge in [-0.1, -0.05) is 6.92 Å². The Hall–Kier alpha value is -1.24. The van der Waals surface area contributed by atoms with E-state index in [1.165, 1.54) is 9.13 Å². The summed E-state index contributed by atoms with van der Waals surface area (Å²) in [5.41, 5.74) is -0.793. The molecule has 0 spiro atoms. The number of rotatable bonds is 5. The van der Waals surface area contributed by atoms with Crippen molar-refractivity contribution < 1.29 is 0 Å². The first-order valence-corrected chi connectivity index (χ1v) is 6.57. The molecule has 0 saturated carbocycles. The number of hydrogen-bond donors (Lipinski definition) is 0. The Morgan fingerprint density at radius 1 is 1.35 bits per heavy atom. The van der Waals surface area contributed by atoms with E-state index in [0.717, 1.165) is 11.5 Å². The monoisotopic (exact) mass is 258 g/mol. The molecule has 0 aliphatic heterocycles. The first-order valence-electron chi connectivity index (χ1n) is 5.42. The van der Waals surface area contributed by atoms with Crippen LogP contribution in [0.25, 0.3) is 0 Å². The highest BCUT2D eigenvalue weighted by Gasteiger charge is 2.10. The highest BCUT2D eigenvalue weighted by atomic mass is 32.2. The maximum Gasteiger partial charge on any atom is 0.354 e. The quantitative estimate of drug-likeness (QED) is 0.682. The van der Waals surface area contributed by atoms with Crippen LogP contribution in [0, 0.1) is 0 Å². The van der Waals surface area contributed by atoms with Gasteiger partial charge in [0.25, 0.3) is 0 Å². The lowest BCUT2D eigenvalue weighted by Crippen LogP contribution is -2.43. The lowest BCUT2D eigenvalue weighted by Gasteiger charge is -2.15. The van der Waals surface area contributed by atoms with Crippen molar-refractivity contribution >= 4 is 17.7 Å². The van der Waals surface area contributed by atoms with Crippen LogP contribution in [-0.2, 0) is 13.6 Å². The number of thioether (sulfide) groups is 1. The third-order valence-corrected chi connectivity index (χ3v) is 3.19. The van der Waals surface area contributed by atoms with Gasteiger partial charge in [0.2, 0.25) is 5.95 Å². The number of nitrogens with zero attached hydrogens (tertiary/aromatic N) is 4. The first-order chi connectivity index (χ1) is 7.99. The Morgan fingerprint density at radius 3 is 2.53 bits per heavy atom. The average molecular weight is 258 g/mol. The Morgan fingerprint density at radius 2 is 2.00 bits per heavy atom. The molecule has 1 aromatic heterocycles. The Kier molecular flexibility index (Phi) is 4.80. The van der Waals surface area contributed by atoms with E-state index in [9.17, 15) is 9.59 Å². The Balaban J connectivity index is 3.13. The average Bonchev–Trinajstić information content (AvgIpc) is 2.28. The largest absolute Gasteiger partial charge is 0.354 e. The van der Waals surface area contributed by atoms with Crippen molar-refractivity contribution in [3.8, 4) is 0 Å². The summed E-state index contributed by atoms with van der Waals surface area (Å²) in [5, 5.41) is 0. The second-order valence-electron chi connectivity index (χ2n) is 3.78. The van der Waals surface area contributed by atoms with Gasteiger partial charge in [0.1, 0.15) is 0 Å². The molecule has 0 N–H and O–H groups in total. The zero-order chi connectivity index (χ0) is 13.0. The summed E-state index contributed by atoms with van der Waals surface area (Å²) in [6, 6.07) is 0. The SMILES string of the molecule is CCSCCn1c(=O)nc(N(C)C)n(C)c1=O. The fourth-order valence-corrected chi connectivity index (χ4v) is 2.06. The molecule has 0 bridgehead atoms. The fourth-order valence-electron chi connectivity index (χ4n) is 1.46. The molecular weight excluding hydrogens is 240 g/mol. The Labute approximate surface area is 104 Å². The smallest absolute Gasteiger partial charge is 0.348 e. The molecule has 0 saturated heterocycles. The van der Waals surface area contributed by atoms with Crippen LogP contribution >= 0.6 is 11.8 Å². The van der Waals surface area contributed by atoms with E-state index in [0.29, 0.717) is 12.5 Å². The van der Waals surface area contributed by atoms with Crippen LogP contribution in [0.4, 0.5) is 5.95 Å².